The lowest BCUT2D eigenvalue weighted by Crippen LogP contribution is -2.44. The highest BCUT2D eigenvalue weighted by atomic mass is 16.3. The Labute approximate surface area is 207 Å². The van der Waals surface area contributed by atoms with E-state index in [-0.39, 0.29) is 11.4 Å². The fourth-order valence-corrected chi connectivity index (χ4v) is 4.79. The largest absolute Gasteiger partial charge is 0.494 e. The van der Waals surface area contributed by atoms with Gasteiger partial charge >= 0.3 is 0 Å². The number of anilines is 1. The van der Waals surface area contributed by atoms with Crippen molar-refractivity contribution < 1.29 is 9.52 Å². The van der Waals surface area contributed by atoms with Crippen LogP contribution in [0.2, 0.25) is 0 Å². The number of fused-ring (bicyclic) bond motifs is 2. The number of aromatic amines is 1. The summed E-state index contributed by atoms with van der Waals surface area (Å²) in [7, 11) is 2.14. The van der Waals surface area contributed by atoms with Crippen molar-refractivity contribution >= 4 is 39.3 Å². The molecule has 36 heavy (non-hydrogen) atoms. The fourth-order valence-electron chi connectivity index (χ4n) is 4.79. The van der Waals surface area contributed by atoms with Gasteiger partial charge in [-0.1, -0.05) is 30.3 Å². The van der Waals surface area contributed by atoms with Gasteiger partial charge in [0, 0.05) is 59.8 Å². The zero-order valence-corrected chi connectivity index (χ0v) is 19.9. The molecule has 0 spiro atoms. The maximum atomic E-state index is 12.7. The van der Waals surface area contributed by atoms with E-state index in [1.165, 1.54) is 5.69 Å². The van der Waals surface area contributed by atoms with E-state index in [1.54, 1.807) is 12.3 Å². The first-order chi connectivity index (χ1) is 17.6. The second-order valence-electron chi connectivity index (χ2n) is 9.16. The van der Waals surface area contributed by atoms with Gasteiger partial charge in [-0.2, -0.15) is 0 Å². The molecule has 1 fully saturated rings. The minimum absolute atomic E-state index is 0.228. The van der Waals surface area contributed by atoms with E-state index in [9.17, 15) is 9.90 Å². The van der Waals surface area contributed by atoms with Crippen LogP contribution in [0.5, 0.6) is 5.88 Å². The van der Waals surface area contributed by atoms with Gasteiger partial charge in [-0.05, 0) is 49.5 Å². The number of aromatic hydroxyl groups is 1. The molecule has 3 heterocycles. The molecular weight excluding hydrogens is 452 g/mol. The monoisotopic (exact) mass is 478 g/mol. The van der Waals surface area contributed by atoms with Crippen LogP contribution in [0.25, 0.3) is 33.1 Å². The summed E-state index contributed by atoms with van der Waals surface area (Å²) < 4.78 is 6.09. The molecule has 1 saturated heterocycles. The third-order valence-electron chi connectivity index (χ3n) is 6.82. The number of rotatable bonds is 4. The minimum atomic E-state index is -0.367. The molecule has 0 unspecified atom stereocenters. The first kappa shape index (κ1) is 22.1. The van der Waals surface area contributed by atoms with Crippen molar-refractivity contribution in [1.82, 2.24) is 9.88 Å². The van der Waals surface area contributed by atoms with E-state index in [0.717, 1.165) is 48.4 Å². The molecule has 5 aromatic rings. The number of benzene rings is 3. The lowest BCUT2D eigenvalue weighted by Gasteiger charge is -2.34. The standard InChI is InChI=1S/C29H26N4O3/c1-32-13-15-33(16-14-32)21-11-9-20(10-12-21)30-18-24-27-22(6-4-7-23(27)28(34)31-29(24)35)26-17-19-5-2-3-8-25(19)36-26/h2-12,17-18H,13-16H2,1H3,(H2,31,34,35). The van der Waals surface area contributed by atoms with Crippen LogP contribution in [0.15, 0.2) is 87.0 Å². The van der Waals surface area contributed by atoms with Crippen molar-refractivity contribution in [2.45, 2.75) is 0 Å². The molecule has 2 aromatic heterocycles. The summed E-state index contributed by atoms with van der Waals surface area (Å²) >= 11 is 0. The highest BCUT2D eigenvalue weighted by Crippen LogP contribution is 2.35. The number of H-pyrrole nitrogens is 1. The molecule has 1 aliphatic heterocycles. The Bertz CT molecular complexity index is 1610. The molecule has 0 atom stereocenters. The predicted molar refractivity (Wildman–Crippen MR) is 145 cm³/mol. The minimum Gasteiger partial charge on any atom is -0.494 e. The molecule has 2 N–H and O–H groups in total. The predicted octanol–water partition coefficient (Wildman–Crippen LogP) is 5.15. The normalized spacial score (nSPS) is 14.9. The number of hydrogen-bond acceptors (Lipinski definition) is 6. The number of pyridine rings is 1. The molecule has 1 aliphatic rings. The number of piperazine rings is 1. The maximum Gasteiger partial charge on any atom is 0.258 e. The van der Waals surface area contributed by atoms with Gasteiger partial charge in [0.15, 0.2) is 0 Å². The summed E-state index contributed by atoms with van der Waals surface area (Å²) in [4.78, 5) is 24.6. The van der Waals surface area contributed by atoms with Crippen molar-refractivity contribution in [3.8, 4) is 17.2 Å². The van der Waals surface area contributed by atoms with Crippen molar-refractivity contribution in [2.24, 2.45) is 4.99 Å². The number of nitrogens with one attached hydrogen (secondary N) is 1. The van der Waals surface area contributed by atoms with Gasteiger partial charge in [-0.25, -0.2) is 0 Å². The summed E-state index contributed by atoms with van der Waals surface area (Å²) in [6, 6.07) is 23.2. The first-order valence-corrected chi connectivity index (χ1v) is 12.0. The van der Waals surface area contributed by atoms with Gasteiger partial charge in [-0.15, -0.1) is 0 Å². The average molecular weight is 479 g/mol. The van der Waals surface area contributed by atoms with Crippen LogP contribution >= 0.6 is 0 Å². The Morgan fingerprint density at radius 1 is 0.972 bits per heavy atom. The number of furan rings is 1. The van der Waals surface area contributed by atoms with E-state index >= 15 is 0 Å². The smallest absolute Gasteiger partial charge is 0.258 e. The van der Waals surface area contributed by atoms with Crippen LogP contribution in [-0.4, -0.2) is 54.4 Å². The van der Waals surface area contributed by atoms with Crippen molar-refractivity contribution in [2.75, 3.05) is 38.1 Å². The van der Waals surface area contributed by atoms with Crippen molar-refractivity contribution in [3.05, 3.63) is 88.7 Å². The van der Waals surface area contributed by atoms with Crippen molar-refractivity contribution in [1.29, 1.82) is 0 Å². The van der Waals surface area contributed by atoms with Crippen LogP contribution in [0.3, 0.4) is 0 Å². The summed E-state index contributed by atoms with van der Waals surface area (Å²) in [5.74, 6) is 0.395. The number of aliphatic imine (C=N–C) groups is 1. The van der Waals surface area contributed by atoms with Gasteiger partial charge in [0.2, 0.25) is 5.88 Å². The molecule has 0 saturated carbocycles. The first-order valence-electron chi connectivity index (χ1n) is 12.0. The van der Waals surface area contributed by atoms with Gasteiger partial charge in [0.1, 0.15) is 11.3 Å². The Hall–Kier alpha value is -4.36. The third-order valence-corrected chi connectivity index (χ3v) is 6.82. The highest BCUT2D eigenvalue weighted by Gasteiger charge is 2.17. The van der Waals surface area contributed by atoms with Crippen LogP contribution in [0, 0.1) is 0 Å². The number of likely N-dealkylation sites (N-methyl/N-ethyl adjacent to an activating group) is 1. The molecule has 3 aromatic carbocycles. The Kier molecular flexibility index (Phi) is 5.54. The van der Waals surface area contributed by atoms with Gasteiger partial charge in [0.05, 0.1) is 11.3 Å². The molecule has 0 aliphatic carbocycles. The van der Waals surface area contributed by atoms with E-state index in [2.05, 4.69) is 39.0 Å². The third kappa shape index (κ3) is 4.03. The van der Waals surface area contributed by atoms with Gasteiger partial charge in [-0.3, -0.25) is 14.8 Å². The van der Waals surface area contributed by atoms with Gasteiger partial charge < -0.3 is 19.3 Å². The topological polar surface area (TPSA) is 85.1 Å². The van der Waals surface area contributed by atoms with E-state index < -0.39 is 0 Å². The molecule has 0 bridgehead atoms. The molecule has 7 heteroatoms. The maximum absolute atomic E-state index is 12.7. The number of nitrogens with zero attached hydrogens (tertiary/aromatic N) is 3. The van der Waals surface area contributed by atoms with Crippen LogP contribution in [0.1, 0.15) is 5.56 Å². The van der Waals surface area contributed by atoms with E-state index in [0.29, 0.717) is 22.1 Å². The summed E-state index contributed by atoms with van der Waals surface area (Å²) in [5, 5.41) is 12.7. The molecular formula is C29H26N4O3. The number of para-hydroxylation sites is 1. The molecule has 180 valence electrons. The van der Waals surface area contributed by atoms with Gasteiger partial charge in [0.25, 0.3) is 5.56 Å². The second-order valence-corrected chi connectivity index (χ2v) is 9.16. The molecule has 7 nitrogen and oxygen atoms in total. The number of hydrogen-bond donors (Lipinski definition) is 2. The molecule has 0 amide bonds. The molecule has 6 rings (SSSR count). The number of aromatic nitrogens is 1. The lowest BCUT2D eigenvalue weighted by molar-refractivity contribution is 0.313. The lowest BCUT2D eigenvalue weighted by atomic mass is 9.99. The Balaban J connectivity index is 1.40. The Morgan fingerprint density at radius 2 is 1.75 bits per heavy atom. The summed E-state index contributed by atoms with van der Waals surface area (Å²) in [6.45, 7) is 4.10. The Morgan fingerprint density at radius 3 is 2.53 bits per heavy atom. The zero-order chi connectivity index (χ0) is 24.6. The van der Waals surface area contributed by atoms with E-state index in [4.69, 9.17) is 4.42 Å². The van der Waals surface area contributed by atoms with Crippen LogP contribution < -0.4 is 10.5 Å². The van der Waals surface area contributed by atoms with Crippen molar-refractivity contribution in [3.63, 3.8) is 0 Å². The summed E-state index contributed by atoms with van der Waals surface area (Å²) in [6.07, 6.45) is 1.60. The summed E-state index contributed by atoms with van der Waals surface area (Å²) in [5.41, 5.74) is 3.48. The van der Waals surface area contributed by atoms with Crippen LogP contribution in [-0.2, 0) is 0 Å². The highest BCUT2D eigenvalue weighted by molar-refractivity contribution is 6.09. The second kappa shape index (κ2) is 9.02. The fraction of sp³-hybridized carbons (Fsp3) is 0.172. The average Bonchev–Trinajstić information content (AvgIpc) is 3.33. The molecule has 0 radical (unpaired) electrons. The van der Waals surface area contributed by atoms with E-state index in [1.807, 2.05) is 54.6 Å². The SMILES string of the molecule is CN1CCN(c2ccc(N=Cc3c(O)[nH]c(=O)c4cccc(-c5cc6ccccc6o5)c34)cc2)CC1. The van der Waals surface area contributed by atoms with Crippen LogP contribution in [0.4, 0.5) is 11.4 Å². The quantitative estimate of drug-likeness (QED) is 0.349. The zero-order valence-electron chi connectivity index (χ0n) is 19.9.